The Balaban J connectivity index is 2.22. The van der Waals surface area contributed by atoms with Gasteiger partial charge in [-0.2, -0.15) is 0 Å². The van der Waals surface area contributed by atoms with Gasteiger partial charge < -0.3 is 29.1 Å². The van der Waals surface area contributed by atoms with Crippen molar-refractivity contribution >= 4 is 17.4 Å². The van der Waals surface area contributed by atoms with Crippen molar-refractivity contribution in [1.29, 1.82) is 0 Å². The van der Waals surface area contributed by atoms with Crippen LogP contribution < -0.4 is 14.2 Å². The van der Waals surface area contributed by atoms with Crippen LogP contribution in [0.15, 0.2) is 42.0 Å². The molecule has 2 aromatic rings. The van der Waals surface area contributed by atoms with Gasteiger partial charge in [0.1, 0.15) is 11.5 Å². The summed E-state index contributed by atoms with van der Waals surface area (Å²) in [6, 6.07) is 9.89. The summed E-state index contributed by atoms with van der Waals surface area (Å²) in [7, 11) is 3.08. The standard InChI is InChI=1S/C31H42N2O6/c1-9-32(10-2)16-17-33-27(20-12-15-24(37-7)25(19-20)38-8)26(29(35)30(33)36)28(34)21-13-14-23(39-11-3)22(18-21)31(4,5)6/h12-15,18-19,27,34H,9-11,16-17H2,1-8H3/b28-26+. The van der Waals surface area contributed by atoms with Gasteiger partial charge in [-0.25, -0.2) is 0 Å². The fraction of sp³-hybridized carbons (Fsp3) is 0.484. The number of carbonyl (C=O) groups is 2. The van der Waals surface area contributed by atoms with Gasteiger partial charge in [0.25, 0.3) is 11.7 Å². The van der Waals surface area contributed by atoms with Crippen LogP contribution in [-0.4, -0.2) is 73.6 Å². The Bertz CT molecular complexity index is 1230. The quantitative estimate of drug-likeness (QED) is 0.240. The number of likely N-dealkylation sites (N-methyl/N-ethyl adjacent to an activating group) is 1. The Morgan fingerprint density at radius 3 is 2.15 bits per heavy atom. The molecule has 1 N–H and O–H groups in total. The van der Waals surface area contributed by atoms with E-state index in [0.717, 1.165) is 24.4 Å². The first-order valence-electron chi connectivity index (χ1n) is 13.5. The lowest BCUT2D eigenvalue weighted by Crippen LogP contribution is -2.38. The highest BCUT2D eigenvalue weighted by Gasteiger charge is 2.46. The van der Waals surface area contributed by atoms with E-state index in [1.807, 2.05) is 13.0 Å². The zero-order chi connectivity index (χ0) is 28.9. The average Bonchev–Trinajstić information content (AvgIpc) is 3.17. The molecular weight excluding hydrogens is 496 g/mol. The molecule has 1 amide bonds. The van der Waals surface area contributed by atoms with E-state index in [-0.39, 0.29) is 16.7 Å². The molecule has 2 aromatic carbocycles. The number of hydrogen-bond donors (Lipinski definition) is 1. The molecular formula is C31H42N2O6. The van der Waals surface area contributed by atoms with Gasteiger partial charge >= 0.3 is 0 Å². The van der Waals surface area contributed by atoms with Gasteiger partial charge in [-0.1, -0.05) is 40.7 Å². The molecule has 0 saturated carbocycles. The summed E-state index contributed by atoms with van der Waals surface area (Å²) in [4.78, 5) is 30.7. The van der Waals surface area contributed by atoms with Crippen molar-refractivity contribution in [2.75, 3.05) is 47.0 Å². The maximum absolute atomic E-state index is 13.5. The SMILES string of the molecule is CCOc1ccc(/C(O)=C2\C(=O)C(=O)N(CCN(CC)CC)C2c2ccc(OC)c(OC)c2)cc1C(C)(C)C. The van der Waals surface area contributed by atoms with Crippen molar-refractivity contribution in [1.82, 2.24) is 9.80 Å². The second-order valence-corrected chi connectivity index (χ2v) is 10.5. The fourth-order valence-electron chi connectivity index (χ4n) is 4.97. The first kappa shape index (κ1) is 30.0. The van der Waals surface area contributed by atoms with Gasteiger partial charge in [-0.15, -0.1) is 0 Å². The highest BCUT2D eigenvalue weighted by Crippen LogP contribution is 2.43. The van der Waals surface area contributed by atoms with Crippen molar-refractivity contribution < 1.29 is 28.9 Å². The molecule has 39 heavy (non-hydrogen) atoms. The number of aliphatic hydroxyl groups excluding tert-OH is 1. The van der Waals surface area contributed by atoms with E-state index in [1.165, 1.54) is 7.11 Å². The molecule has 1 aliphatic heterocycles. The van der Waals surface area contributed by atoms with Crippen LogP contribution >= 0.6 is 0 Å². The number of ketones is 1. The molecule has 8 nitrogen and oxygen atoms in total. The molecule has 1 unspecified atom stereocenters. The molecule has 0 spiro atoms. The number of benzene rings is 2. The lowest BCUT2D eigenvalue weighted by atomic mass is 9.84. The Hall–Kier alpha value is -3.52. The van der Waals surface area contributed by atoms with Gasteiger partial charge in [0.05, 0.1) is 32.4 Å². The molecule has 0 aliphatic carbocycles. The highest BCUT2D eigenvalue weighted by atomic mass is 16.5. The monoisotopic (exact) mass is 538 g/mol. The van der Waals surface area contributed by atoms with Crippen LogP contribution in [-0.2, 0) is 15.0 Å². The summed E-state index contributed by atoms with van der Waals surface area (Å²) in [5.74, 6) is 0.163. The second kappa shape index (κ2) is 12.6. The van der Waals surface area contributed by atoms with Crippen molar-refractivity contribution in [2.45, 2.75) is 53.0 Å². The van der Waals surface area contributed by atoms with Crippen molar-refractivity contribution in [3.05, 3.63) is 58.7 Å². The predicted octanol–water partition coefficient (Wildman–Crippen LogP) is 5.16. The van der Waals surface area contributed by atoms with Gasteiger partial charge in [-0.3, -0.25) is 9.59 Å². The molecule has 212 valence electrons. The van der Waals surface area contributed by atoms with E-state index in [4.69, 9.17) is 14.2 Å². The largest absolute Gasteiger partial charge is 0.507 e. The summed E-state index contributed by atoms with van der Waals surface area (Å²) in [6.07, 6.45) is 0. The number of Topliss-reactive ketones (excluding diaryl/α,β-unsaturated/α-hetero) is 1. The molecule has 0 aromatic heterocycles. The van der Waals surface area contributed by atoms with E-state index in [2.05, 4.69) is 39.5 Å². The van der Waals surface area contributed by atoms with Crippen LogP contribution in [0.4, 0.5) is 0 Å². The van der Waals surface area contributed by atoms with Gasteiger partial charge in [0, 0.05) is 24.2 Å². The Morgan fingerprint density at radius 2 is 1.59 bits per heavy atom. The smallest absolute Gasteiger partial charge is 0.295 e. The molecule has 3 rings (SSSR count). The van der Waals surface area contributed by atoms with Crippen molar-refractivity contribution in [3.8, 4) is 17.2 Å². The summed E-state index contributed by atoms with van der Waals surface area (Å²) in [5, 5.41) is 11.6. The molecule has 0 radical (unpaired) electrons. The first-order valence-corrected chi connectivity index (χ1v) is 13.5. The zero-order valence-electron chi connectivity index (χ0n) is 24.5. The lowest BCUT2D eigenvalue weighted by Gasteiger charge is -2.28. The maximum Gasteiger partial charge on any atom is 0.295 e. The van der Waals surface area contributed by atoms with Gasteiger partial charge in [0.2, 0.25) is 0 Å². The fourth-order valence-corrected chi connectivity index (χ4v) is 4.97. The van der Waals surface area contributed by atoms with E-state index in [9.17, 15) is 14.7 Å². The topological polar surface area (TPSA) is 88.5 Å². The summed E-state index contributed by atoms with van der Waals surface area (Å²) in [5.41, 5.74) is 1.77. The van der Waals surface area contributed by atoms with E-state index in [1.54, 1.807) is 42.3 Å². The van der Waals surface area contributed by atoms with Crippen LogP contribution in [0.1, 0.15) is 64.3 Å². The second-order valence-electron chi connectivity index (χ2n) is 10.5. The van der Waals surface area contributed by atoms with Crippen molar-refractivity contribution in [3.63, 3.8) is 0 Å². The van der Waals surface area contributed by atoms with Gasteiger partial charge in [-0.05, 0) is 61.3 Å². The number of nitrogens with zero attached hydrogens (tertiary/aromatic N) is 2. The Morgan fingerprint density at radius 1 is 0.949 bits per heavy atom. The maximum atomic E-state index is 13.5. The van der Waals surface area contributed by atoms with Gasteiger partial charge in [0.15, 0.2) is 11.5 Å². The third kappa shape index (κ3) is 6.22. The Labute approximate surface area is 232 Å². The lowest BCUT2D eigenvalue weighted by molar-refractivity contribution is -0.140. The molecule has 1 saturated heterocycles. The first-order chi connectivity index (χ1) is 18.5. The molecule has 1 fully saturated rings. The minimum atomic E-state index is -0.787. The summed E-state index contributed by atoms with van der Waals surface area (Å²) < 4.78 is 16.7. The summed E-state index contributed by atoms with van der Waals surface area (Å²) >= 11 is 0. The molecule has 1 atom stereocenters. The number of aliphatic hydroxyl groups is 1. The van der Waals surface area contributed by atoms with Crippen LogP contribution in [0.2, 0.25) is 0 Å². The van der Waals surface area contributed by atoms with Crippen LogP contribution in [0.3, 0.4) is 0 Å². The van der Waals surface area contributed by atoms with E-state index in [0.29, 0.717) is 42.3 Å². The van der Waals surface area contributed by atoms with E-state index >= 15 is 0 Å². The highest BCUT2D eigenvalue weighted by molar-refractivity contribution is 6.46. The van der Waals surface area contributed by atoms with Crippen LogP contribution in [0, 0.1) is 0 Å². The number of likely N-dealkylation sites (tertiary alicyclic amines) is 1. The molecule has 1 aliphatic rings. The molecule has 8 heteroatoms. The van der Waals surface area contributed by atoms with Crippen molar-refractivity contribution in [2.24, 2.45) is 0 Å². The van der Waals surface area contributed by atoms with E-state index < -0.39 is 17.7 Å². The Kier molecular flexibility index (Phi) is 9.67. The third-order valence-corrected chi connectivity index (χ3v) is 7.18. The number of amides is 1. The number of rotatable bonds is 11. The third-order valence-electron chi connectivity index (χ3n) is 7.18. The zero-order valence-corrected chi connectivity index (χ0v) is 24.5. The average molecular weight is 539 g/mol. The minimum absolute atomic E-state index is 0.0517. The summed E-state index contributed by atoms with van der Waals surface area (Å²) in [6.45, 7) is 15.3. The normalized spacial score (nSPS) is 17.2. The predicted molar refractivity (Wildman–Crippen MR) is 153 cm³/mol. The number of methoxy groups -OCH3 is 2. The van der Waals surface area contributed by atoms with Crippen LogP contribution in [0.25, 0.3) is 5.76 Å². The number of ether oxygens (including phenoxy) is 3. The number of carbonyl (C=O) groups excluding carboxylic acids is 2. The molecule has 1 heterocycles. The minimum Gasteiger partial charge on any atom is -0.507 e. The van der Waals surface area contributed by atoms with Crippen LogP contribution in [0.5, 0.6) is 17.2 Å². The molecule has 0 bridgehead atoms. The number of hydrogen-bond acceptors (Lipinski definition) is 7.